The van der Waals surface area contributed by atoms with Gasteiger partial charge in [-0.1, -0.05) is 17.7 Å². The van der Waals surface area contributed by atoms with E-state index in [2.05, 4.69) is 0 Å². The number of halogens is 1. The molecule has 0 amide bonds. The normalized spacial score (nSPS) is 27.0. The van der Waals surface area contributed by atoms with Gasteiger partial charge in [0.1, 0.15) is 0 Å². The molecule has 0 bridgehead atoms. The van der Waals surface area contributed by atoms with E-state index >= 15 is 0 Å². The highest BCUT2D eigenvalue weighted by Gasteiger charge is 2.24. The Morgan fingerprint density at radius 1 is 1.46 bits per heavy atom. The highest BCUT2D eigenvalue weighted by atomic mass is 35.5. The van der Waals surface area contributed by atoms with Gasteiger partial charge in [-0.2, -0.15) is 0 Å². The number of benzene rings is 1. The van der Waals surface area contributed by atoms with E-state index in [1.54, 1.807) is 6.07 Å². The Morgan fingerprint density at radius 2 is 2.23 bits per heavy atom. The second-order valence-corrected chi connectivity index (χ2v) is 3.93. The van der Waals surface area contributed by atoms with E-state index in [9.17, 15) is 5.11 Å². The zero-order valence-electron chi connectivity index (χ0n) is 7.20. The summed E-state index contributed by atoms with van der Waals surface area (Å²) in [4.78, 5) is 0. The molecule has 1 aliphatic carbocycles. The second-order valence-electron chi connectivity index (χ2n) is 3.49. The zero-order chi connectivity index (χ0) is 9.42. The average molecular weight is 198 g/mol. The molecule has 0 unspecified atom stereocenters. The van der Waals surface area contributed by atoms with Crippen LogP contribution < -0.4 is 5.73 Å². The minimum Gasteiger partial charge on any atom is -0.387 e. The van der Waals surface area contributed by atoms with Gasteiger partial charge in [-0.15, -0.1) is 0 Å². The summed E-state index contributed by atoms with van der Waals surface area (Å²) in [6.45, 7) is 0. The van der Waals surface area contributed by atoms with Crippen LogP contribution in [0.15, 0.2) is 18.2 Å². The van der Waals surface area contributed by atoms with E-state index in [1.165, 1.54) is 0 Å². The van der Waals surface area contributed by atoms with Crippen LogP contribution in [0.3, 0.4) is 0 Å². The van der Waals surface area contributed by atoms with Gasteiger partial charge in [0.2, 0.25) is 0 Å². The first-order valence-corrected chi connectivity index (χ1v) is 4.78. The van der Waals surface area contributed by atoms with E-state index < -0.39 is 6.10 Å². The van der Waals surface area contributed by atoms with Crippen LogP contribution >= 0.6 is 11.6 Å². The van der Waals surface area contributed by atoms with Crippen molar-refractivity contribution in [2.24, 2.45) is 5.73 Å². The number of aliphatic hydroxyl groups excluding tert-OH is 1. The molecular formula is C10H12ClNO. The van der Waals surface area contributed by atoms with E-state index in [1.807, 2.05) is 12.1 Å². The van der Waals surface area contributed by atoms with Crippen molar-refractivity contribution in [2.75, 3.05) is 0 Å². The number of nitrogens with two attached hydrogens (primary N) is 1. The zero-order valence-corrected chi connectivity index (χ0v) is 7.96. The predicted molar refractivity (Wildman–Crippen MR) is 52.7 cm³/mol. The molecule has 0 spiro atoms. The van der Waals surface area contributed by atoms with Crippen LogP contribution in [0.1, 0.15) is 23.7 Å². The maximum Gasteiger partial charge on any atom is 0.0943 e. The lowest BCUT2D eigenvalue weighted by molar-refractivity contribution is 0.134. The van der Waals surface area contributed by atoms with E-state index in [0.717, 1.165) is 29.0 Å². The maximum absolute atomic E-state index is 9.75. The van der Waals surface area contributed by atoms with Crippen LogP contribution in [0, 0.1) is 0 Å². The van der Waals surface area contributed by atoms with Crippen LogP contribution in [0.2, 0.25) is 5.02 Å². The Labute approximate surface area is 82.3 Å². The first kappa shape index (κ1) is 9.00. The Morgan fingerprint density at radius 3 is 3.00 bits per heavy atom. The van der Waals surface area contributed by atoms with Crippen LogP contribution in [0.4, 0.5) is 0 Å². The van der Waals surface area contributed by atoms with Gasteiger partial charge in [-0.3, -0.25) is 0 Å². The summed E-state index contributed by atoms with van der Waals surface area (Å²) in [6.07, 6.45) is 1.21. The molecule has 2 atom stereocenters. The molecule has 2 nitrogen and oxygen atoms in total. The molecule has 1 aromatic carbocycles. The summed E-state index contributed by atoms with van der Waals surface area (Å²) in [7, 11) is 0. The fourth-order valence-electron chi connectivity index (χ4n) is 1.79. The second kappa shape index (κ2) is 3.29. The first-order valence-electron chi connectivity index (χ1n) is 4.40. The van der Waals surface area contributed by atoms with Gasteiger partial charge in [0, 0.05) is 11.1 Å². The molecule has 0 aliphatic heterocycles. The highest BCUT2D eigenvalue weighted by Crippen LogP contribution is 2.30. The van der Waals surface area contributed by atoms with Gasteiger partial charge in [0.25, 0.3) is 0 Å². The topological polar surface area (TPSA) is 46.2 Å². The minimum atomic E-state index is -0.527. The molecule has 3 heteroatoms. The average Bonchev–Trinajstić information content (AvgIpc) is 2.12. The molecule has 3 N–H and O–H groups in total. The molecule has 1 aromatic rings. The fraction of sp³-hybridized carbons (Fsp3) is 0.400. The minimum absolute atomic E-state index is 0.131. The molecule has 13 heavy (non-hydrogen) atoms. The number of aliphatic hydroxyl groups is 1. The SMILES string of the molecule is N[C@H]1CCc2cc(Cl)ccc2[C@H]1O. The molecule has 0 fully saturated rings. The summed E-state index contributed by atoms with van der Waals surface area (Å²) in [5.74, 6) is 0. The molecule has 0 saturated carbocycles. The van der Waals surface area contributed by atoms with E-state index in [0.29, 0.717) is 0 Å². The van der Waals surface area contributed by atoms with E-state index in [-0.39, 0.29) is 6.04 Å². The molecule has 1 aliphatic rings. The van der Waals surface area contributed by atoms with Crippen LogP contribution in [-0.2, 0) is 6.42 Å². The smallest absolute Gasteiger partial charge is 0.0943 e. The highest BCUT2D eigenvalue weighted by molar-refractivity contribution is 6.30. The standard InChI is InChI=1S/C10H12ClNO/c11-7-2-3-8-6(5-7)1-4-9(12)10(8)13/h2-3,5,9-10,13H,1,4,12H2/t9-,10+/m0/s1. The van der Waals surface area contributed by atoms with Crippen molar-refractivity contribution in [3.8, 4) is 0 Å². The van der Waals surface area contributed by atoms with Crippen molar-refractivity contribution in [3.63, 3.8) is 0 Å². The van der Waals surface area contributed by atoms with Crippen LogP contribution in [-0.4, -0.2) is 11.1 Å². The summed E-state index contributed by atoms with van der Waals surface area (Å²) < 4.78 is 0. The third-order valence-electron chi connectivity index (χ3n) is 2.58. The van der Waals surface area contributed by atoms with Crippen molar-refractivity contribution < 1.29 is 5.11 Å². The first-order chi connectivity index (χ1) is 6.18. The van der Waals surface area contributed by atoms with Gasteiger partial charge in [0.05, 0.1) is 6.10 Å². The number of aryl methyl sites for hydroxylation is 1. The van der Waals surface area contributed by atoms with Gasteiger partial charge in [0.15, 0.2) is 0 Å². The third kappa shape index (κ3) is 1.57. The van der Waals surface area contributed by atoms with Crippen molar-refractivity contribution in [1.82, 2.24) is 0 Å². The van der Waals surface area contributed by atoms with Crippen molar-refractivity contribution in [1.29, 1.82) is 0 Å². The largest absolute Gasteiger partial charge is 0.387 e. The van der Waals surface area contributed by atoms with Crippen LogP contribution in [0.25, 0.3) is 0 Å². The number of hydrogen-bond donors (Lipinski definition) is 2. The molecule has 0 radical (unpaired) electrons. The number of fused-ring (bicyclic) bond motifs is 1. The summed E-state index contributed by atoms with van der Waals surface area (Å²) in [5, 5.41) is 10.5. The molecular weight excluding hydrogens is 186 g/mol. The molecule has 0 heterocycles. The predicted octanol–water partition coefficient (Wildman–Crippen LogP) is 1.65. The molecule has 0 aromatic heterocycles. The Balaban J connectivity index is 2.44. The van der Waals surface area contributed by atoms with Gasteiger partial charge >= 0.3 is 0 Å². The summed E-state index contributed by atoms with van der Waals surface area (Å²) >= 11 is 5.85. The van der Waals surface area contributed by atoms with Crippen molar-refractivity contribution >= 4 is 11.6 Å². The Hall–Kier alpha value is -0.570. The van der Waals surface area contributed by atoms with Gasteiger partial charge in [-0.05, 0) is 36.1 Å². The number of hydrogen-bond acceptors (Lipinski definition) is 2. The lowest BCUT2D eigenvalue weighted by atomic mass is 9.86. The fourth-order valence-corrected chi connectivity index (χ4v) is 1.98. The summed E-state index contributed by atoms with van der Waals surface area (Å²) in [5.41, 5.74) is 7.81. The lowest BCUT2D eigenvalue weighted by Crippen LogP contribution is -2.32. The van der Waals surface area contributed by atoms with Gasteiger partial charge in [-0.25, -0.2) is 0 Å². The Bertz CT molecular complexity index is 327. The van der Waals surface area contributed by atoms with Crippen molar-refractivity contribution in [2.45, 2.75) is 25.0 Å². The molecule has 70 valence electrons. The lowest BCUT2D eigenvalue weighted by Gasteiger charge is -2.27. The number of rotatable bonds is 0. The molecule has 0 saturated heterocycles. The van der Waals surface area contributed by atoms with Crippen molar-refractivity contribution in [3.05, 3.63) is 34.3 Å². The third-order valence-corrected chi connectivity index (χ3v) is 2.81. The van der Waals surface area contributed by atoms with Crippen LogP contribution in [0.5, 0.6) is 0 Å². The monoisotopic (exact) mass is 197 g/mol. The van der Waals surface area contributed by atoms with E-state index in [4.69, 9.17) is 17.3 Å². The van der Waals surface area contributed by atoms with Gasteiger partial charge < -0.3 is 10.8 Å². The molecule has 2 rings (SSSR count). The Kier molecular flexibility index (Phi) is 2.28. The quantitative estimate of drug-likeness (QED) is 0.665. The maximum atomic E-state index is 9.75. The summed E-state index contributed by atoms with van der Waals surface area (Å²) in [6, 6.07) is 5.43.